The fourth-order valence-corrected chi connectivity index (χ4v) is 2.79. The van der Waals surface area contributed by atoms with Crippen LogP contribution in [0, 0.1) is 5.92 Å². The molecule has 0 bridgehead atoms. The van der Waals surface area contributed by atoms with Crippen LogP contribution in [0.3, 0.4) is 0 Å². The van der Waals surface area contributed by atoms with Crippen LogP contribution in [0.4, 0.5) is 9.59 Å². The van der Waals surface area contributed by atoms with Gasteiger partial charge in [-0.2, -0.15) is 0 Å². The number of carbonyl (C=O) groups is 6. The molecule has 0 atom stereocenters. The van der Waals surface area contributed by atoms with Crippen molar-refractivity contribution in [1.82, 2.24) is 4.90 Å². The molecule has 3 N–H and O–H groups in total. The van der Waals surface area contributed by atoms with E-state index in [0.717, 1.165) is 11.3 Å². The van der Waals surface area contributed by atoms with Gasteiger partial charge in [-0.05, 0) is 12.8 Å². The van der Waals surface area contributed by atoms with Crippen molar-refractivity contribution in [2.45, 2.75) is 51.6 Å². The molecule has 26 heavy (non-hydrogen) atoms. The molecular formula is C16H22N2O8. The van der Waals surface area contributed by atoms with Gasteiger partial charge in [-0.15, -0.1) is 0 Å². The summed E-state index contributed by atoms with van der Waals surface area (Å²) in [7, 11) is 0. The molecule has 2 rings (SSSR count). The molecule has 0 aromatic carbocycles. The number of nitrogens with zero attached hydrogens (tertiary/aromatic N) is 1. The van der Waals surface area contributed by atoms with E-state index >= 15 is 0 Å². The van der Waals surface area contributed by atoms with E-state index in [1.807, 2.05) is 0 Å². The number of urea groups is 1. The topological polar surface area (TPSA) is 161 Å². The second kappa shape index (κ2) is 9.64. The zero-order chi connectivity index (χ0) is 19.9. The molecular weight excluding hydrogens is 348 g/mol. The smallest absolute Gasteiger partial charge is 0.450 e. The van der Waals surface area contributed by atoms with Crippen molar-refractivity contribution < 1.29 is 38.6 Å². The summed E-state index contributed by atoms with van der Waals surface area (Å²) in [5.74, 6) is -2.81. The first-order chi connectivity index (χ1) is 12.2. The van der Waals surface area contributed by atoms with Crippen LogP contribution in [0.5, 0.6) is 0 Å². The number of rotatable bonds is 4. The molecule has 2 aliphatic rings. The van der Waals surface area contributed by atoms with Crippen LogP contribution in [0.15, 0.2) is 0 Å². The van der Waals surface area contributed by atoms with Gasteiger partial charge in [0.05, 0.1) is 0 Å². The van der Waals surface area contributed by atoms with Gasteiger partial charge in [-0.3, -0.25) is 24.1 Å². The Bertz CT molecular complexity index is 597. The maximum absolute atomic E-state index is 11.6. The molecule has 3 amide bonds. The predicted molar refractivity (Wildman–Crippen MR) is 86.1 cm³/mol. The van der Waals surface area contributed by atoms with Crippen molar-refractivity contribution in [3.05, 3.63) is 0 Å². The summed E-state index contributed by atoms with van der Waals surface area (Å²) in [4.78, 5) is 67.1. The maximum Gasteiger partial charge on any atom is 0.506 e. The molecule has 2 fully saturated rings. The van der Waals surface area contributed by atoms with E-state index in [0.29, 0.717) is 19.4 Å². The Morgan fingerprint density at radius 3 is 2.12 bits per heavy atom. The minimum absolute atomic E-state index is 0.150. The average molecular weight is 370 g/mol. The lowest BCUT2D eigenvalue weighted by Crippen LogP contribution is -2.41. The number of Topliss-reactive ketones (excluding diaryl/α,β-unsaturated/α-hetero) is 3. The van der Waals surface area contributed by atoms with Crippen LogP contribution in [0.25, 0.3) is 0 Å². The summed E-state index contributed by atoms with van der Waals surface area (Å²) < 4.78 is 4.38. The van der Waals surface area contributed by atoms with Gasteiger partial charge in [0, 0.05) is 32.2 Å². The highest BCUT2D eigenvalue weighted by Gasteiger charge is 2.40. The van der Waals surface area contributed by atoms with Gasteiger partial charge in [0.1, 0.15) is 12.0 Å². The number of carbonyl (C=O) groups excluding carboxylic acids is 5. The van der Waals surface area contributed by atoms with E-state index in [-0.39, 0.29) is 31.0 Å². The normalized spacial score (nSPS) is 22.5. The standard InChI is InChI=1S/C11H14O6.C5H8N2O2/c1-2-3-7(12)10-8(13)4-6(5-9(10)14)17-11(15)16;6-5(9)7-3-1-2-4(7)8/h6,10H,2-5H2,1H3,(H,15,16);1-3H2,(H2,6,9). The summed E-state index contributed by atoms with van der Waals surface area (Å²) in [6, 6.07) is -0.627. The number of ether oxygens (including phenoxy) is 1. The molecule has 1 heterocycles. The Morgan fingerprint density at radius 1 is 1.19 bits per heavy atom. The average Bonchev–Trinajstić information content (AvgIpc) is 2.93. The molecule has 10 heteroatoms. The lowest BCUT2D eigenvalue weighted by molar-refractivity contribution is -0.145. The highest BCUT2D eigenvalue weighted by molar-refractivity contribution is 6.20. The molecule has 0 unspecified atom stereocenters. The number of hydrogen-bond donors (Lipinski definition) is 2. The lowest BCUT2D eigenvalue weighted by Gasteiger charge is -2.24. The first-order valence-electron chi connectivity index (χ1n) is 8.24. The number of ketones is 3. The van der Waals surface area contributed by atoms with Crippen LogP contribution < -0.4 is 5.73 Å². The lowest BCUT2D eigenvalue weighted by atomic mass is 9.81. The Morgan fingerprint density at radius 2 is 1.77 bits per heavy atom. The Hall–Kier alpha value is -2.78. The van der Waals surface area contributed by atoms with Crippen LogP contribution in [-0.2, 0) is 23.9 Å². The highest BCUT2D eigenvalue weighted by Crippen LogP contribution is 2.22. The van der Waals surface area contributed by atoms with Gasteiger partial charge >= 0.3 is 12.2 Å². The van der Waals surface area contributed by atoms with Crippen LogP contribution >= 0.6 is 0 Å². The minimum Gasteiger partial charge on any atom is -0.450 e. The van der Waals surface area contributed by atoms with E-state index in [2.05, 4.69) is 4.74 Å². The quantitative estimate of drug-likeness (QED) is 0.538. The van der Waals surface area contributed by atoms with Gasteiger partial charge in [0.25, 0.3) is 0 Å². The molecule has 10 nitrogen and oxygen atoms in total. The largest absolute Gasteiger partial charge is 0.506 e. The summed E-state index contributed by atoms with van der Waals surface area (Å²) in [5, 5.41) is 8.39. The van der Waals surface area contributed by atoms with Crippen molar-refractivity contribution in [2.24, 2.45) is 11.7 Å². The number of carboxylic acid groups (broad SMARTS) is 1. The second-order valence-corrected chi connectivity index (χ2v) is 5.98. The fraction of sp³-hybridized carbons (Fsp3) is 0.625. The monoisotopic (exact) mass is 370 g/mol. The van der Waals surface area contributed by atoms with Gasteiger partial charge in [0.15, 0.2) is 17.3 Å². The number of hydrogen-bond acceptors (Lipinski definition) is 7. The number of imide groups is 1. The van der Waals surface area contributed by atoms with Gasteiger partial charge in [-0.1, -0.05) is 6.92 Å². The number of amides is 3. The molecule has 0 aromatic rings. The first-order valence-corrected chi connectivity index (χ1v) is 8.24. The van der Waals surface area contributed by atoms with E-state index in [4.69, 9.17) is 10.8 Å². The summed E-state index contributed by atoms with van der Waals surface area (Å²) >= 11 is 0. The van der Waals surface area contributed by atoms with Gasteiger partial charge < -0.3 is 15.6 Å². The number of likely N-dealkylation sites (tertiary alicyclic amines) is 1. The van der Waals surface area contributed by atoms with Crippen LogP contribution in [0.2, 0.25) is 0 Å². The maximum atomic E-state index is 11.6. The van der Waals surface area contributed by atoms with E-state index < -0.39 is 35.8 Å². The summed E-state index contributed by atoms with van der Waals surface area (Å²) in [6.07, 6.45) is -0.884. The van der Waals surface area contributed by atoms with Crippen LogP contribution in [-0.4, -0.2) is 58.1 Å². The molecule has 0 spiro atoms. The SMILES string of the molecule is CCCC(=O)C1C(=O)CC(OC(=O)O)CC1=O.NC(=O)N1CCCC1=O. The van der Waals surface area contributed by atoms with E-state index in [1.165, 1.54) is 0 Å². The molecule has 0 radical (unpaired) electrons. The highest BCUT2D eigenvalue weighted by atomic mass is 16.7. The van der Waals surface area contributed by atoms with Crippen molar-refractivity contribution in [3.63, 3.8) is 0 Å². The minimum atomic E-state index is -1.52. The number of primary amides is 1. The molecule has 1 saturated carbocycles. The van der Waals surface area contributed by atoms with Crippen molar-refractivity contribution in [3.8, 4) is 0 Å². The molecule has 1 aliphatic carbocycles. The van der Waals surface area contributed by atoms with Crippen molar-refractivity contribution in [1.29, 1.82) is 0 Å². The third-order valence-corrected chi connectivity index (χ3v) is 3.93. The zero-order valence-electron chi connectivity index (χ0n) is 14.4. The predicted octanol–water partition coefficient (Wildman–Crippen LogP) is 0.655. The Kier molecular flexibility index (Phi) is 7.88. The van der Waals surface area contributed by atoms with Crippen molar-refractivity contribution >= 4 is 35.4 Å². The molecule has 1 aliphatic heterocycles. The molecule has 0 aromatic heterocycles. The van der Waals surface area contributed by atoms with Gasteiger partial charge in [-0.25, -0.2) is 9.59 Å². The Labute approximate surface area is 149 Å². The fourth-order valence-electron chi connectivity index (χ4n) is 2.79. The number of nitrogens with two attached hydrogens (primary N) is 1. The summed E-state index contributed by atoms with van der Waals surface area (Å²) in [6.45, 7) is 2.28. The van der Waals surface area contributed by atoms with Gasteiger partial charge in [0.2, 0.25) is 5.91 Å². The third-order valence-electron chi connectivity index (χ3n) is 3.93. The van der Waals surface area contributed by atoms with E-state index in [1.54, 1.807) is 6.92 Å². The zero-order valence-corrected chi connectivity index (χ0v) is 14.4. The van der Waals surface area contributed by atoms with Crippen molar-refractivity contribution in [2.75, 3.05) is 6.54 Å². The second-order valence-electron chi connectivity index (χ2n) is 5.98. The molecule has 1 saturated heterocycles. The Balaban J connectivity index is 0.000000314. The first kappa shape index (κ1) is 21.3. The molecule has 144 valence electrons. The summed E-state index contributed by atoms with van der Waals surface area (Å²) in [5.41, 5.74) is 4.85. The van der Waals surface area contributed by atoms with Crippen LogP contribution in [0.1, 0.15) is 45.4 Å². The third kappa shape index (κ3) is 5.94. The van der Waals surface area contributed by atoms with E-state index in [9.17, 15) is 28.8 Å².